The maximum absolute atomic E-state index is 14.9. The number of carbonyl (C=O) groups excluding carboxylic acids is 1. The van der Waals surface area contributed by atoms with Crippen molar-refractivity contribution in [1.82, 2.24) is 14.9 Å². The second-order valence-electron chi connectivity index (χ2n) is 6.77. The summed E-state index contributed by atoms with van der Waals surface area (Å²) < 4.78 is 55.8. The van der Waals surface area contributed by atoms with Crippen molar-refractivity contribution < 1.29 is 27.1 Å². The average molecular weight is 423 g/mol. The molecule has 0 aliphatic carbocycles. The summed E-state index contributed by atoms with van der Waals surface area (Å²) in [5.41, 5.74) is 0.800. The first-order chi connectivity index (χ1) is 14.1. The maximum Gasteiger partial charge on any atom is 0.522 e. The van der Waals surface area contributed by atoms with Gasteiger partial charge in [0.15, 0.2) is 11.6 Å². The maximum atomic E-state index is 14.9. The van der Waals surface area contributed by atoms with Crippen LogP contribution in [0.4, 0.5) is 23.4 Å². The number of alkyl halides is 3. The molecule has 3 rings (SSSR count). The van der Waals surface area contributed by atoms with Crippen LogP contribution in [0.15, 0.2) is 30.6 Å². The first-order valence-corrected chi connectivity index (χ1v) is 8.93. The molecule has 158 valence electrons. The van der Waals surface area contributed by atoms with Crippen molar-refractivity contribution >= 4 is 11.7 Å². The molecule has 1 N–H and O–H groups in total. The van der Waals surface area contributed by atoms with Crippen LogP contribution in [0.3, 0.4) is 0 Å². The van der Waals surface area contributed by atoms with Crippen molar-refractivity contribution in [2.45, 2.75) is 38.4 Å². The van der Waals surface area contributed by atoms with E-state index < -0.39 is 36.3 Å². The number of anilines is 1. The van der Waals surface area contributed by atoms with Crippen molar-refractivity contribution in [3.63, 3.8) is 0 Å². The van der Waals surface area contributed by atoms with E-state index >= 15 is 0 Å². The monoisotopic (exact) mass is 423 g/mol. The lowest BCUT2D eigenvalue weighted by atomic mass is 10.00. The fourth-order valence-corrected chi connectivity index (χ4v) is 3.06. The van der Waals surface area contributed by atoms with Gasteiger partial charge in [-0.1, -0.05) is 12.1 Å². The van der Waals surface area contributed by atoms with Crippen LogP contribution >= 0.6 is 0 Å². The molecule has 30 heavy (non-hydrogen) atoms. The largest absolute Gasteiger partial charge is 0.522 e. The fraction of sp³-hybridized carbons (Fsp3) is 0.368. The highest BCUT2D eigenvalue weighted by Crippen LogP contribution is 2.30. The van der Waals surface area contributed by atoms with Crippen LogP contribution in [-0.4, -0.2) is 51.9 Å². The lowest BCUT2D eigenvalue weighted by Crippen LogP contribution is -2.65. The first kappa shape index (κ1) is 21.4. The second kappa shape index (κ2) is 8.23. The smallest absolute Gasteiger partial charge is 0.356 e. The molecule has 0 saturated carbocycles. The Morgan fingerprint density at radius 3 is 2.57 bits per heavy atom. The molecule has 2 aromatic rings. The van der Waals surface area contributed by atoms with Crippen molar-refractivity contribution in [2.75, 3.05) is 11.9 Å². The number of nitrogens with zero attached hydrogens (tertiary/aromatic N) is 4. The Morgan fingerprint density at radius 1 is 1.33 bits per heavy atom. The summed E-state index contributed by atoms with van der Waals surface area (Å²) in [6.45, 7) is 2.68. The number of nitrogens with one attached hydrogen (secondary N) is 1. The predicted octanol–water partition coefficient (Wildman–Crippen LogP) is 3.09. The molecule has 0 radical (unpaired) electrons. The van der Waals surface area contributed by atoms with E-state index in [4.69, 9.17) is 5.26 Å². The summed E-state index contributed by atoms with van der Waals surface area (Å²) in [6, 6.07) is 6.34. The lowest BCUT2D eigenvalue weighted by Gasteiger charge is -2.46. The minimum atomic E-state index is -4.77. The van der Waals surface area contributed by atoms with Crippen LogP contribution in [0.2, 0.25) is 0 Å². The van der Waals surface area contributed by atoms with Crippen LogP contribution in [0, 0.1) is 17.1 Å². The Hall–Kier alpha value is -3.26. The number of likely N-dealkylation sites (tertiary alicyclic amines) is 1. The number of rotatable bonds is 5. The fourth-order valence-electron chi connectivity index (χ4n) is 3.06. The molecule has 1 aliphatic rings. The zero-order valence-corrected chi connectivity index (χ0v) is 15.9. The molecule has 0 bridgehead atoms. The molecular weight excluding hydrogens is 406 g/mol. The third-order valence-corrected chi connectivity index (χ3v) is 4.77. The van der Waals surface area contributed by atoms with Gasteiger partial charge in [-0.25, -0.2) is 14.4 Å². The van der Waals surface area contributed by atoms with Gasteiger partial charge in [0, 0.05) is 12.1 Å². The van der Waals surface area contributed by atoms with Gasteiger partial charge in [-0.15, -0.1) is 13.2 Å². The Kier molecular flexibility index (Phi) is 5.89. The molecule has 7 nitrogen and oxygen atoms in total. The van der Waals surface area contributed by atoms with Crippen molar-refractivity contribution in [3.8, 4) is 17.3 Å². The number of halogens is 4. The zero-order valence-electron chi connectivity index (χ0n) is 15.9. The molecule has 11 heteroatoms. The van der Waals surface area contributed by atoms with E-state index in [1.165, 1.54) is 43.0 Å². The highest BCUT2D eigenvalue weighted by atomic mass is 19.4. The van der Waals surface area contributed by atoms with Gasteiger partial charge in [-0.2, -0.15) is 5.26 Å². The van der Waals surface area contributed by atoms with Gasteiger partial charge in [-0.05, 0) is 26.0 Å². The number of benzene rings is 1. The number of aromatic nitrogens is 2. The van der Waals surface area contributed by atoms with E-state index in [1.54, 1.807) is 0 Å². The molecule has 3 atom stereocenters. The molecule has 0 spiro atoms. The van der Waals surface area contributed by atoms with Gasteiger partial charge in [0.1, 0.15) is 24.2 Å². The Morgan fingerprint density at radius 2 is 2.00 bits per heavy atom. The summed E-state index contributed by atoms with van der Waals surface area (Å²) in [5.74, 6) is -1.53. The highest BCUT2D eigenvalue weighted by molar-refractivity contribution is 5.85. The van der Waals surface area contributed by atoms with Crippen LogP contribution in [0.1, 0.15) is 19.4 Å². The summed E-state index contributed by atoms with van der Waals surface area (Å²) in [6.07, 6.45) is -4.79. The average Bonchev–Trinajstić information content (AvgIpc) is 2.71. The third kappa shape index (κ3) is 4.49. The molecule has 1 aliphatic heterocycles. The molecule has 1 saturated heterocycles. The highest BCUT2D eigenvalue weighted by Gasteiger charge is 2.46. The zero-order chi connectivity index (χ0) is 22.1. The number of carbonyl (C=O) groups is 1. The SMILES string of the molecule is C[C@@H](Nc1ncnc(-c2ccc(C#N)cc2)c1F)C(=O)N1C[C@H](OC(F)(F)F)[C@@H]1C. The summed E-state index contributed by atoms with van der Waals surface area (Å²) in [5, 5.41) is 11.5. The number of hydrogen-bond donors (Lipinski definition) is 1. The van der Waals surface area contributed by atoms with Crippen LogP contribution in [0.25, 0.3) is 11.3 Å². The molecule has 1 fully saturated rings. The van der Waals surface area contributed by atoms with Gasteiger partial charge in [0.2, 0.25) is 5.91 Å². The van der Waals surface area contributed by atoms with Crippen LogP contribution in [0.5, 0.6) is 0 Å². The van der Waals surface area contributed by atoms with Crippen molar-refractivity contribution in [3.05, 3.63) is 42.0 Å². The van der Waals surface area contributed by atoms with E-state index in [0.29, 0.717) is 11.1 Å². The standard InChI is InChI=1S/C19H17F4N5O2/c1-10(18(29)28-8-14(11(28)2)30-19(21,22)23)27-17-15(20)16(25-9-26-17)13-5-3-12(7-24)4-6-13/h3-6,9-11,14H,8H2,1-2H3,(H,25,26,27)/t10-,11+,14+/m1/s1. The Bertz CT molecular complexity index is 974. The van der Waals surface area contributed by atoms with Crippen molar-refractivity contribution in [1.29, 1.82) is 5.26 Å². The second-order valence-corrected chi connectivity index (χ2v) is 6.77. The molecular formula is C19H17F4N5O2. The normalized spacial score (nSPS) is 19.6. The summed E-state index contributed by atoms with van der Waals surface area (Å²) >= 11 is 0. The molecule has 1 aromatic heterocycles. The van der Waals surface area contributed by atoms with E-state index in [2.05, 4.69) is 20.0 Å². The van der Waals surface area contributed by atoms with Crippen LogP contribution < -0.4 is 5.32 Å². The van der Waals surface area contributed by atoms with Gasteiger partial charge < -0.3 is 10.2 Å². The predicted molar refractivity (Wildman–Crippen MR) is 97.3 cm³/mol. The Balaban J connectivity index is 1.69. The van der Waals surface area contributed by atoms with Crippen LogP contribution in [-0.2, 0) is 9.53 Å². The first-order valence-electron chi connectivity index (χ1n) is 8.93. The summed E-state index contributed by atoms with van der Waals surface area (Å²) in [4.78, 5) is 21.5. The Labute approximate surface area is 169 Å². The van der Waals surface area contributed by atoms with Gasteiger partial charge in [0.25, 0.3) is 0 Å². The topological polar surface area (TPSA) is 91.1 Å². The summed E-state index contributed by atoms with van der Waals surface area (Å²) in [7, 11) is 0. The molecule has 1 aromatic carbocycles. The molecule has 1 amide bonds. The van der Waals surface area contributed by atoms with Gasteiger partial charge >= 0.3 is 6.36 Å². The number of hydrogen-bond acceptors (Lipinski definition) is 6. The van der Waals surface area contributed by atoms with E-state index in [0.717, 1.165) is 6.33 Å². The molecule has 2 heterocycles. The van der Waals surface area contributed by atoms with Gasteiger partial charge in [0.05, 0.1) is 17.7 Å². The van der Waals surface area contributed by atoms with Gasteiger partial charge in [-0.3, -0.25) is 9.53 Å². The van der Waals surface area contributed by atoms with E-state index in [9.17, 15) is 22.4 Å². The number of amides is 1. The molecule has 0 unspecified atom stereocenters. The minimum absolute atomic E-state index is 0.0207. The lowest BCUT2D eigenvalue weighted by molar-refractivity contribution is -0.359. The van der Waals surface area contributed by atoms with Crippen molar-refractivity contribution in [2.24, 2.45) is 0 Å². The quantitative estimate of drug-likeness (QED) is 0.744. The number of ether oxygens (including phenoxy) is 1. The third-order valence-electron chi connectivity index (χ3n) is 4.77. The minimum Gasteiger partial charge on any atom is -0.356 e. The number of nitriles is 1. The van der Waals surface area contributed by atoms with E-state index in [1.807, 2.05) is 6.07 Å². The van der Waals surface area contributed by atoms with E-state index in [-0.39, 0.29) is 18.1 Å².